The van der Waals surface area contributed by atoms with Crippen LogP contribution >= 0.6 is 0 Å². The Kier molecular flexibility index (Phi) is 18.6. The average molecular weight is 1210 g/mol. The fourth-order valence-corrected chi connectivity index (χ4v) is 13.0. The second-order valence-electron chi connectivity index (χ2n) is 23.5. The van der Waals surface area contributed by atoms with E-state index in [0.29, 0.717) is 30.5 Å². The normalized spacial score (nSPS) is 26.8. The standard InChI is InChI=1S/C66H70N4O18/c1-37-46(35-66(82)58(87-61(80)44-24-16-10-17-25-44)56-64(7,47(73)34-48-65(56,36-83-48)88-40(4)72)57(77)54(84-39(3)71)52(37)63(66,5)6)85-62(81)55(53(42-20-12-8-13-21-42)67-59(78)43-22-14-9-15-23-43)86-60(79)45-29-27-41(28-30-45)38(2)68-69-49(74)26-18-11-19-33-70-50(75)31-32-51(70)76/h8-10,12-17,20-25,27-32,46-48,53-56,58,73,82H,11,18-19,26,33-36H2,1-7H3,(H,67,78)(H,69,74)/b68-38+/t46-,47-,48+,53-,54+,55+,56?,58-,64+,65-,66+/m1/s1. The predicted molar refractivity (Wildman–Crippen MR) is 312 cm³/mol. The zero-order valence-corrected chi connectivity index (χ0v) is 49.7. The molecule has 2 aliphatic heterocycles. The molecule has 22 nitrogen and oxygen atoms in total. The Morgan fingerprint density at radius 2 is 1.32 bits per heavy atom. The maximum absolute atomic E-state index is 15.9. The van der Waals surface area contributed by atoms with Crippen LogP contribution in [0.5, 0.6) is 0 Å². The van der Waals surface area contributed by atoms with Gasteiger partial charge in [0.25, 0.3) is 17.7 Å². The SMILES string of the molecule is CC(=O)O[C@@H]1C(=O)[C@]2(C)C([C@@H](OC(=O)c3ccccc3)[C@@]3(O)C[C@@H](OC(=O)[C@@H](OC(=O)c4ccc(/C(C)=N/NC(=O)CCCCCN5C(=O)C=CC5=O)cc4)[C@H](NC(=O)c4ccccc4)c4ccccc4)C(C)=C1C3(C)C)[C@@]1(OC(C)=O)CO[C@H]1C[C@H]2O. The molecule has 462 valence electrons. The van der Waals surface area contributed by atoms with E-state index in [1.165, 1.54) is 88.4 Å². The number of aliphatic hydroxyl groups is 2. The minimum atomic E-state index is -2.52. The number of ether oxygens (including phenoxy) is 6. The summed E-state index contributed by atoms with van der Waals surface area (Å²) in [6, 6.07) is 28.2. The number of hydrazone groups is 1. The molecular formula is C66H70N4O18. The molecule has 0 spiro atoms. The number of carbonyl (C=O) groups is 10. The lowest BCUT2D eigenvalue weighted by Crippen LogP contribution is -2.82. The van der Waals surface area contributed by atoms with E-state index in [-0.39, 0.29) is 77.1 Å². The third-order valence-electron chi connectivity index (χ3n) is 17.8. The molecule has 3 fully saturated rings. The maximum Gasteiger partial charge on any atom is 0.350 e. The smallest absolute Gasteiger partial charge is 0.350 e. The quantitative estimate of drug-likeness (QED) is 0.0152. The Morgan fingerprint density at radius 3 is 1.91 bits per heavy atom. The second kappa shape index (κ2) is 25.8. The van der Waals surface area contributed by atoms with E-state index >= 15 is 9.59 Å². The Morgan fingerprint density at radius 1 is 0.727 bits per heavy atom. The number of imide groups is 1. The van der Waals surface area contributed by atoms with Gasteiger partial charge in [-0.15, -0.1) is 0 Å². The van der Waals surface area contributed by atoms with Crippen molar-refractivity contribution < 1.29 is 86.6 Å². The number of aliphatic hydroxyl groups excluding tert-OH is 1. The largest absolute Gasteiger partial charge is 0.455 e. The first-order valence-corrected chi connectivity index (χ1v) is 29.0. The van der Waals surface area contributed by atoms with Gasteiger partial charge in [0.05, 0.1) is 40.9 Å². The number of Topliss-reactive ketones (excluding diaryl/α,β-unsaturated/α-hetero) is 1. The highest BCUT2D eigenvalue weighted by atomic mass is 16.6. The average Bonchev–Trinajstić information content (AvgIpc) is 0.677. The van der Waals surface area contributed by atoms with Crippen LogP contribution in [0.25, 0.3) is 0 Å². The molecule has 2 heterocycles. The summed E-state index contributed by atoms with van der Waals surface area (Å²) in [4.78, 5) is 139. The van der Waals surface area contributed by atoms with Crippen LogP contribution in [0.3, 0.4) is 0 Å². The first-order valence-electron chi connectivity index (χ1n) is 29.0. The van der Waals surface area contributed by atoms with Crippen LogP contribution in [0.4, 0.5) is 0 Å². The van der Waals surface area contributed by atoms with Crippen LogP contribution in [0.15, 0.2) is 144 Å². The number of carbonyl (C=O) groups excluding carboxylic acids is 10. The number of benzene rings is 4. The molecule has 0 aromatic heterocycles. The number of hydrogen-bond acceptors (Lipinski definition) is 19. The molecule has 88 heavy (non-hydrogen) atoms. The minimum absolute atomic E-state index is 0.0188. The van der Waals surface area contributed by atoms with Crippen molar-refractivity contribution in [1.29, 1.82) is 0 Å². The van der Waals surface area contributed by atoms with Gasteiger partial charge in [-0.2, -0.15) is 5.10 Å². The molecule has 4 amide bonds. The van der Waals surface area contributed by atoms with E-state index in [2.05, 4.69) is 15.8 Å². The molecule has 4 aromatic carbocycles. The summed E-state index contributed by atoms with van der Waals surface area (Å²) in [5, 5.41) is 33.5. The summed E-state index contributed by atoms with van der Waals surface area (Å²) >= 11 is 0. The number of ketones is 1. The molecule has 2 saturated carbocycles. The first kappa shape index (κ1) is 63.5. The fraction of sp³-hybridized carbons (Fsp3) is 0.409. The molecular weight excluding hydrogens is 1140 g/mol. The van der Waals surface area contributed by atoms with E-state index in [1.807, 2.05) is 0 Å². The molecule has 4 N–H and O–H groups in total. The number of hydrogen-bond donors (Lipinski definition) is 4. The van der Waals surface area contributed by atoms with Crippen LogP contribution in [-0.2, 0) is 62.0 Å². The van der Waals surface area contributed by atoms with E-state index < -0.39 is 119 Å². The highest BCUT2D eigenvalue weighted by Gasteiger charge is 2.78. The van der Waals surface area contributed by atoms with Gasteiger partial charge in [0.15, 0.2) is 17.5 Å². The van der Waals surface area contributed by atoms with Crippen LogP contribution < -0.4 is 10.7 Å². The Labute approximate surface area is 507 Å². The number of nitrogens with zero attached hydrogens (tertiary/aromatic N) is 2. The Hall–Kier alpha value is -8.99. The molecule has 2 bridgehead atoms. The van der Waals surface area contributed by atoms with E-state index in [1.54, 1.807) is 73.7 Å². The number of amides is 4. The molecule has 1 unspecified atom stereocenters. The predicted octanol–water partition coefficient (Wildman–Crippen LogP) is 5.93. The van der Waals surface area contributed by atoms with Gasteiger partial charge in [0.1, 0.15) is 30.0 Å². The van der Waals surface area contributed by atoms with Crippen LogP contribution in [0, 0.1) is 16.7 Å². The van der Waals surface area contributed by atoms with Crippen molar-refractivity contribution in [3.63, 3.8) is 0 Å². The molecule has 22 heteroatoms. The fourth-order valence-electron chi connectivity index (χ4n) is 13.0. The zero-order chi connectivity index (χ0) is 63.5. The van der Waals surface area contributed by atoms with E-state index in [9.17, 15) is 48.6 Å². The Bertz CT molecular complexity index is 3480. The van der Waals surface area contributed by atoms with Crippen molar-refractivity contribution in [2.75, 3.05) is 13.2 Å². The molecule has 3 aliphatic carbocycles. The Balaban J connectivity index is 1.08. The number of nitrogens with one attached hydrogen (secondary N) is 2. The summed E-state index contributed by atoms with van der Waals surface area (Å²) in [6.45, 7) is 9.63. The lowest BCUT2D eigenvalue weighted by Gasteiger charge is -2.67. The summed E-state index contributed by atoms with van der Waals surface area (Å²) in [5.74, 6) is -9.48. The van der Waals surface area contributed by atoms with E-state index in [4.69, 9.17) is 28.4 Å². The third kappa shape index (κ3) is 12.3. The van der Waals surface area contributed by atoms with Gasteiger partial charge in [0, 0.05) is 62.8 Å². The summed E-state index contributed by atoms with van der Waals surface area (Å²) < 4.78 is 37.3. The molecule has 4 aromatic rings. The van der Waals surface area contributed by atoms with Gasteiger partial charge in [-0.05, 0) is 92.3 Å². The highest BCUT2D eigenvalue weighted by Crippen LogP contribution is 2.64. The van der Waals surface area contributed by atoms with Gasteiger partial charge in [-0.25, -0.2) is 19.8 Å². The monoisotopic (exact) mass is 1210 g/mol. The van der Waals surface area contributed by atoms with Crippen molar-refractivity contribution in [3.8, 4) is 0 Å². The van der Waals surface area contributed by atoms with Crippen molar-refractivity contribution in [2.24, 2.45) is 21.8 Å². The number of rotatable bonds is 20. The number of unbranched alkanes of at least 4 members (excludes halogenated alkanes) is 2. The van der Waals surface area contributed by atoms with Gasteiger partial charge >= 0.3 is 29.8 Å². The van der Waals surface area contributed by atoms with Gasteiger partial charge in [-0.3, -0.25) is 38.5 Å². The molecule has 1 saturated heterocycles. The van der Waals surface area contributed by atoms with Crippen LogP contribution in [0.2, 0.25) is 0 Å². The van der Waals surface area contributed by atoms with Gasteiger partial charge in [0.2, 0.25) is 12.0 Å². The van der Waals surface area contributed by atoms with Crippen molar-refractivity contribution in [1.82, 2.24) is 15.6 Å². The lowest BCUT2D eigenvalue weighted by molar-refractivity contribution is -0.346. The van der Waals surface area contributed by atoms with Gasteiger partial charge < -0.3 is 44.0 Å². The highest BCUT2D eigenvalue weighted by molar-refractivity contribution is 6.13. The topological polar surface area (TPSA) is 306 Å². The number of esters is 5. The summed E-state index contributed by atoms with van der Waals surface area (Å²) in [7, 11) is 0. The summed E-state index contributed by atoms with van der Waals surface area (Å²) in [6.07, 6.45) is -7.10. The third-order valence-corrected chi connectivity index (χ3v) is 17.8. The van der Waals surface area contributed by atoms with Crippen molar-refractivity contribution >= 4 is 65.0 Å². The molecule has 5 aliphatic rings. The van der Waals surface area contributed by atoms with Crippen molar-refractivity contribution in [2.45, 2.75) is 141 Å². The molecule has 11 atom stereocenters. The van der Waals surface area contributed by atoms with Crippen LogP contribution in [-0.4, -0.2) is 141 Å². The zero-order valence-electron chi connectivity index (χ0n) is 49.7. The minimum Gasteiger partial charge on any atom is -0.455 e. The van der Waals surface area contributed by atoms with Crippen molar-refractivity contribution in [3.05, 3.63) is 166 Å². The van der Waals surface area contributed by atoms with E-state index in [0.717, 1.165) is 18.7 Å². The molecule has 9 rings (SSSR count). The number of fused-ring (bicyclic) bond motifs is 5. The first-order chi connectivity index (χ1) is 41.8. The maximum atomic E-state index is 15.9. The molecule has 0 radical (unpaired) electrons. The summed E-state index contributed by atoms with van der Waals surface area (Å²) in [5.41, 5.74) is -4.55. The lowest BCUT2D eigenvalue weighted by atomic mass is 9.44. The second-order valence-corrected chi connectivity index (χ2v) is 23.5. The van der Waals surface area contributed by atoms with Gasteiger partial charge in [-0.1, -0.05) is 99.1 Å². The van der Waals surface area contributed by atoms with Crippen LogP contribution in [0.1, 0.15) is 135 Å².